The molecule has 0 amide bonds. The SMILES string of the molecule is CCOC(=O)CC1(O)CCOc2cc(C(F)(F)F)ccc21. The Labute approximate surface area is 119 Å². The minimum atomic E-state index is -4.49. The number of halogens is 3. The largest absolute Gasteiger partial charge is 0.493 e. The molecule has 1 unspecified atom stereocenters. The first kappa shape index (κ1) is 15.6. The maximum atomic E-state index is 12.7. The van der Waals surface area contributed by atoms with Crippen LogP contribution in [0.15, 0.2) is 18.2 Å². The normalized spacial score (nSPS) is 21.4. The maximum Gasteiger partial charge on any atom is 0.416 e. The van der Waals surface area contributed by atoms with Crippen LogP contribution in [0, 0.1) is 0 Å². The minimum Gasteiger partial charge on any atom is -0.493 e. The Balaban J connectivity index is 2.33. The first-order chi connectivity index (χ1) is 9.76. The van der Waals surface area contributed by atoms with Gasteiger partial charge in [-0.25, -0.2) is 0 Å². The van der Waals surface area contributed by atoms with Crippen LogP contribution in [0.3, 0.4) is 0 Å². The van der Waals surface area contributed by atoms with Gasteiger partial charge in [0.05, 0.1) is 25.2 Å². The first-order valence-corrected chi connectivity index (χ1v) is 6.49. The summed E-state index contributed by atoms with van der Waals surface area (Å²) in [5.74, 6) is -0.657. The molecule has 21 heavy (non-hydrogen) atoms. The lowest BCUT2D eigenvalue weighted by Crippen LogP contribution is -2.35. The van der Waals surface area contributed by atoms with Crippen molar-refractivity contribution in [3.8, 4) is 5.75 Å². The molecule has 0 radical (unpaired) electrons. The maximum absolute atomic E-state index is 12.7. The predicted octanol–water partition coefficient (Wildman–Crippen LogP) is 2.63. The van der Waals surface area contributed by atoms with E-state index in [0.29, 0.717) is 0 Å². The number of fused-ring (bicyclic) bond motifs is 1. The van der Waals surface area contributed by atoms with Crippen LogP contribution in [-0.4, -0.2) is 24.3 Å². The predicted molar refractivity (Wildman–Crippen MR) is 66.7 cm³/mol. The zero-order chi connectivity index (χ0) is 15.7. The van der Waals surface area contributed by atoms with Crippen LogP contribution in [0.4, 0.5) is 13.2 Å². The Morgan fingerprint density at radius 2 is 2.19 bits per heavy atom. The fraction of sp³-hybridized carbons (Fsp3) is 0.500. The molecule has 0 saturated heterocycles. The summed E-state index contributed by atoms with van der Waals surface area (Å²) in [7, 11) is 0. The highest BCUT2D eigenvalue weighted by molar-refractivity contribution is 5.71. The van der Waals surface area contributed by atoms with Gasteiger partial charge in [-0.3, -0.25) is 4.79 Å². The molecule has 1 aromatic rings. The molecule has 1 aliphatic rings. The smallest absolute Gasteiger partial charge is 0.416 e. The molecule has 0 spiro atoms. The highest BCUT2D eigenvalue weighted by Crippen LogP contribution is 2.42. The molecule has 7 heteroatoms. The number of benzene rings is 1. The number of carbonyl (C=O) groups is 1. The van der Waals surface area contributed by atoms with Gasteiger partial charge >= 0.3 is 12.1 Å². The molecule has 2 rings (SSSR count). The molecule has 0 aliphatic carbocycles. The number of ether oxygens (including phenoxy) is 2. The van der Waals surface area contributed by atoms with E-state index in [9.17, 15) is 23.1 Å². The van der Waals surface area contributed by atoms with Gasteiger partial charge in [-0.2, -0.15) is 13.2 Å². The lowest BCUT2D eigenvalue weighted by atomic mass is 9.84. The molecular formula is C14H15F3O4. The van der Waals surface area contributed by atoms with Crippen molar-refractivity contribution in [3.63, 3.8) is 0 Å². The van der Waals surface area contributed by atoms with Crippen LogP contribution in [-0.2, 0) is 21.3 Å². The number of esters is 1. The standard InChI is InChI=1S/C14H15F3O4/c1-2-20-12(18)8-13(19)5-6-21-11-7-9(14(15,16)17)3-4-10(11)13/h3-4,7,19H,2,5-6,8H2,1H3. The van der Waals surface area contributed by atoms with E-state index in [2.05, 4.69) is 0 Å². The number of rotatable bonds is 3. The summed E-state index contributed by atoms with van der Waals surface area (Å²) in [5.41, 5.74) is -2.25. The number of alkyl halides is 3. The van der Waals surface area contributed by atoms with E-state index in [0.717, 1.165) is 18.2 Å². The summed E-state index contributed by atoms with van der Waals surface area (Å²) in [6.07, 6.45) is -4.69. The van der Waals surface area contributed by atoms with Crippen molar-refractivity contribution in [3.05, 3.63) is 29.3 Å². The number of aliphatic hydroxyl groups is 1. The second-order valence-corrected chi connectivity index (χ2v) is 4.82. The van der Waals surface area contributed by atoms with E-state index in [-0.39, 0.29) is 37.4 Å². The van der Waals surface area contributed by atoms with Gasteiger partial charge in [-0.15, -0.1) is 0 Å². The number of carbonyl (C=O) groups excluding carboxylic acids is 1. The quantitative estimate of drug-likeness (QED) is 0.872. The van der Waals surface area contributed by atoms with E-state index < -0.39 is 23.3 Å². The molecule has 0 saturated carbocycles. The molecule has 0 bridgehead atoms. The van der Waals surface area contributed by atoms with Gasteiger partial charge < -0.3 is 14.6 Å². The topological polar surface area (TPSA) is 55.8 Å². The monoisotopic (exact) mass is 304 g/mol. The van der Waals surface area contributed by atoms with Gasteiger partial charge in [0.25, 0.3) is 0 Å². The highest BCUT2D eigenvalue weighted by Gasteiger charge is 2.40. The van der Waals surface area contributed by atoms with Gasteiger partial charge in [0.1, 0.15) is 11.4 Å². The van der Waals surface area contributed by atoms with Crippen LogP contribution >= 0.6 is 0 Å². The summed E-state index contributed by atoms with van der Waals surface area (Å²) in [4.78, 5) is 11.5. The Morgan fingerprint density at radius 1 is 1.48 bits per heavy atom. The molecule has 0 aromatic heterocycles. The zero-order valence-electron chi connectivity index (χ0n) is 11.4. The van der Waals surface area contributed by atoms with Crippen LogP contribution in [0.25, 0.3) is 0 Å². The lowest BCUT2D eigenvalue weighted by Gasteiger charge is -2.34. The average molecular weight is 304 g/mol. The summed E-state index contributed by atoms with van der Waals surface area (Å²) < 4.78 is 48.0. The van der Waals surface area contributed by atoms with Gasteiger partial charge in [-0.05, 0) is 19.1 Å². The van der Waals surface area contributed by atoms with Gasteiger partial charge in [0.15, 0.2) is 0 Å². The van der Waals surface area contributed by atoms with Crippen LogP contribution in [0.2, 0.25) is 0 Å². The van der Waals surface area contributed by atoms with E-state index in [1.807, 2.05) is 0 Å². The Bertz CT molecular complexity index is 542. The molecule has 1 aromatic carbocycles. The molecular weight excluding hydrogens is 289 g/mol. The summed E-state index contributed by atoms with van der Waals surface area (Å²) in [6, 6.07) is 2.85. The zero-order valence-corrected chi connectivity index (χ0v) is 11.4. The van der Waals surface area contributed by atoms with Crippen LogP contribution in [0.1, 0.15) is 30.9 Å². The molecule has 0 fully saturated rings. The van der Waals surface area contributed by atoms with Gasteiger partial charge in [-0.1, -0.05) is 6.07 Å². The molecule has 116 valence electrons. The molecule has 1 aliphatic heterocycles. The second-order valence-electron chi connectivity index (χ2n) is 4.82. The van der Waals surface area contributed by atoms with E-state index >= 15 is 0 Å². The fourth-order valence-corrected chi connectivity index (χ4v) is 2.30. The van der Waals surface area contributed by atoms with E-state index in [1.54, 1.807) is 6.92 Å². The highest BCUT2D eigenvalue weighted by atomic mass is 19.4. The summed E-state index contributed by atoms with van der Waals surface area (Å²) in [6.45, 7) is 1.84. The van der Waals surface area contributed by atoms with Crippen molar-refractivity contribution in [2.24, 2.45) is 0 Å². The molecule has 1 heterocycles. The Kier molecular flexibility index (Phi) is 4.13. The van der Waals surface area contributed by atoms with E-state index in [4.69, 9.17) is 9.47 Å². The van der Waals surface area contributed by atoms with Crippen molar-refractivity contribution in [2.45, 2.75) is 31.5 Å². The first-order valence-electron chi connectivity index (χ1n) is 6.49. The van der Waals surface area contributed by atoms with Gasteiger partial charge in [0, 0.05) is 12.0 Å². The molecule has 1 atom stereocenters. The third-order valence-electron chi connectivity index (χ3n) is 3.33. The summed E-state index contributed by atoms with van der Waals surface area (Å²) >= 11 is 0. The van der Waals surface area contributed by atoms with Crippen molar-refractivity contribution in [1.82, 2.24) is 0 Å². The Hall–Kier alpha value is -1.76. The second kappa shape index (κ2) is 5.55. The summed E-state index contributed by atoms with van der Waals surface area (Å²) in [5, 5.41) is 10.6. The molecule has 4 nitrogen and oxygen atoms in total. The van der Waals surface area contributed by atoms with Crippen molar-refractivity contribution < 1.29 is 32.5 Å². The third kappa shape index (κ3) is 3.29. The molecule has 1 N–H and O–H groups in total. The fourth-order valence-electron chi connectivity index (χ4n) is 2.30. The van der Waals surface area contributed by atoms with Crippen molar-refractivity contribution >= 4 is 5.97 Å². The van der Waals surface area contributed by atoms with Gasteiger partial charge in [0.2, 0.25) is 0 Å². The minimum absolute atomic E-state index is 0.0320. The number of hydrogen-bond donors (Lipinski definition) is 1. The number of hydrogen-bond acceptors (Lipinski definition) is 4. The van der Waals surface area contributed by atoms with Crippen LogP contribution < -0.4 is 4.74 Å². The van der Waals surface area contributed by atoms with Crippen molar-refractivity contribution in [2.75, 3.05) is 13.2 Å². The van der Waals surface area contributed by atoms with Crippen molar-refractivity contribution in [1.29, 1.82) is 0 Å². The lowest BCUT2D eigenvalue weighted by molar-refractivity contribution is -0.150. The Morgan fingerprint density at radius 3 is 2.81 bits per heavy atom. The van der Waals surface area contributed by atoms with E-state index in [1.165, 1.54) is 0 Å². The van der Waals surface area contributed by atoms with Crippen LogP contribution in [0.5, 0.6) is 5.75 Å². The third-order valence-corrected chi connectivity index (χ3v) is 3.33. The average Bonchev–Trinajstić information content (AvgIpc) is 2.37.